The van der Waals surface area contributed by atoms with Crippen LogP contribution in [-0.2, 0) is 0 Å². The second kappa shape index (κ2) is 8.12. The second-order valence-corrected chi connectivity index (χ2v) is 6.50. The number of nitrogens with one attached hydrogen (secondary N) is 1. The number of benzene rings is 1. The van der Waals surface area contributed by atoms with Crippen molar-refractivity contribution in [2.24, 2.45) is 0 Å². The van der Waals surface area contributed by atoms with Gasteiger partial charge in [0.05, 0.1) is 5.56 Å². The van der Waals surface area contributed by atoms with E-state index in [1.54, 1.807) is 29.4 Å². The van der Waals surface area contributed by atoms with Gasteiger partial charge in [0.2, 0.25) is 5.95 Å². The first-order valence-electron chi connectivity index (χ1n) is 8.95. The maximum atomic E-state index is 13.0. The van der Waals surface area contributed by atoms with Crippen LogP contribution in [0.5, 0.6) is 0 Å². The molecule has 1 N–H and O–H groups in total. The molecule has 2 aromatic rings. The van der Waals surface area contributed by atoms with Crippen LogP contribution in [0.1, 0.15) is 30.6 Å². The first-order valence-corrected chi connectivity index (χ1v) is 8.95. The quantitative estimate of drug-likeness (QED) is 0.892. The fourth-order valence-corrected chi connectivity index (χ4v) is 2.84. The van der Waals surface area contributed by atoms with Crippen molar-refractivity contribution in [2.75, 3.05) is 36.4 Å². The van der Waals surface area contributed by atoms with Crippen molar-refractivity contribution in [1.82, 2.24) is 14.9 Å². The lowest BCUT2D eigenvalue weighted by atomic mass is 10.2. The molecule has 1 aliphatic heterocycles. The van der Waals surface area contributed by atoms with E-state index in [-0.39, 0.29) is 17.8 Å². The van der Waals surface area contributed by atoms with E-state index in [0.717, 1.165) is 12.1 Å². The van der Waals surface area contributed by atoms with Crippen LogP contribution in [0.25, 0.3) is 0 Å². The number of halogens is 1. The Morgan fingerprint density at radius 3 is 2.35 bits per heavy atom. The normalized spacial score (nSPS) is 15.7. The van der Waals surface area contributed by atoms with Crippen LogP contribution in [0, 0.1) is 5.82 Å². The van der Waals surface area contributed by atoms with E-state index in [0.29, 0.717) is 37.7 Å². The van der Waals surface area contributed by atoms with E-state index < -0.39 is 0 Å². The number of anilines is 2. The Hall–Kier alpha value is -2.70. The van der Waals surface area contributed by atoms with Crippen LogP contribution in [-0.4, -0.2) is 53.0 Å². The lowest BCUT2D eigenvalue weighted by Gasteiger charge is -2.36. The van der Waals surface area contributed by atoms with Gasteiger partial charge in [0.1, 0.15) is 5.82 Å². The molecule has 0 saturated carbocycles. The molecule has 0 aliphatic carbocycles. The van der Waals surface area contributed by atoms with Crippen molar-refractivity contribution in [3.63, 3.8) is 0 Å². The number of amides is 1. The number of piperazine rings is 1. The number of nitrogens with zero attached hydrogens (tertiary/aromatic N) is 4. The molecule has 1 unspecified atom stereocenters. The molecule has 0 bridgehead atoms. The van der Waals surface area contributed by atoms with Gasteiger partial charge in [0.15, 0.2) is 0 Å². The maximum Gasteiger partial charge on any atom is 0.257 e. The Morgan fingerprint density at radius 1 is 1.15 bits per heavy atom. The predicted molar refractivity (Wildman–Crippen MR) is 99.9 cm³/mol. The van der Waals surface area contributed by atoms with E-state index in [2.05, 4.69) is 34.0 Å². The minimum Gasteiger partial charge on any atom is -0.368 e. The zero-order valence-corrected chi connectivity index (χ0v) is 15.2. The molecule has 1 aromatic carbocycles. The molecule has 1 atom stereocenters. The molecule has 138 valence electrons. The van der Waals surface area contributed by atoms with Gasteiger partial charge in [-0.2, -0.15) is 0 Å². The van der Waals surface area contributed by atoms with Crippen LogP contribution in [0.3, 0.4) is 0 Å². The van der Waals surface area contributed by atoms with Gasteiger partial charge < -0.3 is 15.1 Å². The minimum atomic E-state index is -0.242. The standard InChI is InChI=1S/C19H24FN5O/c1-3-14(2)23-19-21-12-15(13-22-19)18(26)25-10-8-24(9-11-25)17-6-4-16(20)5-7-17/h4-7,12-14H,3,8-11H2,1-2H3,(H,21,22,23). The van der Waals surface area contributed by atoms with Crippen molar-refractivity contribution < 1.29 is 9.18 Å². The highest BCUT2D eigenvalue weighted by Gasteiger charge is 2.23. The Balaban J connectivity index is 1.57. The van der Waals surface area contributed by atoms with Crippen LogP contribution in [0.15, 0.2) is 36.7 Å². The van der Waals surface area contributed by atoms with E-state index in [1.807, 2.05) is 0 Å². The summed E-state index contributed by atoms with van der Waals surface area (Å²) in [6, 6.07) is 6.74. The number of hydrogen-bond donors (Lipinski definition) is 1. The molecule has 26 heavy (non-hydrogen) atoms. The van der Waals surface area contributed by atoms with Crippen molar-refractivity contribution in [3.05, 3.63) is 48.0 Å². The molecule has 1 saturated heterocycles. The van der Waals surface area contributed by atoms with Gasteiger partial charge in [0, 0.05) is 50.3 Å². The van der Waals surface area contributed by atoms with Gasteiger partial charge in [-0.1, -0.05) is 6.92 Å². The highest BCUT2D eigenvalue weighted by atomic mass is 19.1. The van der Waals surface area contributed by atoms with Crippen molar-refractivity contribution in [3.8, 4) is 0 Å². The summed E-state index contributed by atoms with van der Waals surface area (Å²) in [4.78, 5) is 25.1. The van der Waals surface area contributed by atoms with Gasteiger partial charge in [-0.05, 0) is 37.6 Å². The first-order chi connectivity index (χ1) is 12.6. The lowest BCUT2D eigenvalue weighted by Crippen LogP contribution is -2.48. The monoisotopic (exact) mass is 357 g/mol. The van der Waals surface area contributed by atoms with Gasteiger partial charge in [-0.3, -0.25) is 4.79 Å². The summed E-state index contributed by atoms with van der Waals surface area (Å²) in [5.41, 5.74) is 1.47. The topological polar surface area (TPSA) is 61.4 Å². The molecule has 0 spiro atoms. The summed E-state index contributed by atoms with van der Waals surface area (Å²) in [5, 5.41) is 3.18. The summed E-state index contributed by atoms with van der Waals surface area (Å²) < 4.78 is 13.0. The van der Waals surface area contributed by atoms with Gasteiger partial charge >= 0.3 is 0 Å². The smallest absolute Gasteiger partial charge is 0.257 e. The average Bonchev–Trinajstić information content (AvgIpc) is 2.68. The second-order valence-electron chi connectivity index (χ2n) is 6.50. The molecule has 7 heteroatoms. The van der Waals surface area contributed by atoms with Crippen molar-refractivity contribution in [2.45, 2.75) is 26.3 Å². The Labute approximate surface area is 153 Å². The minimum absolute atomic E-state index is 0.0566. The average molecular weight is 357 g/mol. The van der Waals surface area contributed by atoms with E-state index in [9.17, 15) is 9.18 Å². The first kappa shape index (κ1) is 18.1. The van der Waals surface area contributed by atoms with Crippen molar-refractivity contribution in [1.29, 1.82) is 0 Å². The van der Waals surface area contributed by atoms with Gasteiger partial charge in [0.25, 0.3) is 5.91 Å². The maximum absolute atomic E-state index is 13.0. The number of aromatic nitrogens is 2. The molecule has 1 fully saturated rings. The van der Waals surface area contributed by atoms with Crippen molar-refractivity contribution >= 4 is 17.5 Å². The van der Waals surface area contributed by atoms with Crippen LogP contribution >= 0.6 is 0 Å². The third-order valence-corrected chi connectivity index (χ3v) is 4.65. The Morgan fingerprint density at radius 2 is 1.77 bits per heavy atom. The van der Waals surface area contributed by atoms with E-state index in [4.69, 9.17) is 0 Å². The third kappa shape index (κ3) is 4.28. The molecular formula is C19H24FN5O. The van der Waals surface area contributed by atoms with E-state index in [1.165, 1.54) is 12.1 Å². The van der Waals surface area contributed by atoms with Gasteiger partial charge in [-0.15, -0.1) is 0 Å². The summed E-state index contributed by atoms with van der Waals surface area (Å²) in [6.07, 6.45) is 4.13. The number of carbonyl (C=O) groups is 1. The molecular weight excluding hydrogens is 333 g/mol. The number of hydrogen-bond acceptors (Lipinski definition) is 5. The zero-order chi connectivity index (χ0) is 18.5. The number of carbonyl (C=O) groups excluding carboxylic acids is 1. The Bertz CT molecular complexity index is 727. The predicted octanol–water partition coefficient (Wildman–Crippen LogP) is 2.79. The summed E-state index contributed by atoms with van der Waals surface area (Å²) in [6.45, 7) is 6.80. The highest BCUT2D eigenvalue weighted by molar-refractivity contribution is 5.93. The summed E-state index contributed by atoms with van der Waals surface area (Å²) >= 11 is 0. The van der Waals surface area contributed by atoms with E-state index >= 15 is 0 Å². The molecule has 1 aliphatic rings. The molecule has 1 amide bonds. The SMILES string of the molecule is CCC(C)Nc1ncc(C(=O)N2CCN(c3ccc(F)cc3)CC2)cn1. The molecule has 0 radical (unpaired) electrons. The third-order valence-electron chi connectivity index (χ3n) is 4.65. The fraction of sp³-hybridized carbons (Fsp3) is 0.421. The van der Waals surface area contributed by atoms with Crippen LogP contribution < -0.4 is 10.2 Å². The molecule has 3 rings (SSSR count). The van der Waals surface area contributed by atoms with Gasteiger partial charge in [-0.25, -0.2) is 14.4 Å². The highest BCUT2D eigenvalue weighted by Crippen LogP contribution is 2.18. The van der Waals surface area contributed by atoms with Crippen LogP contribution in [0.2, 0.25) is 0 Å². The fourth-order valence-electron chi connectivity index (χ4n) is 2.84. The molecule has 1 aromatic heterocycles. The summed E-state index contributed by atoms with van der Waals surface area (Å²) in [7, 11) is 0. The number of rotatable bonds is 5. The molecule has 6 nitrogen and oxygen atoms in total. The summed E-state index contributed by atoms with van der Waals surface area (Å²) in [5.74, 6) is 0.240. The largest absolute Gasteiger partial charge is 0.368 e. The van der Waals surface area contributed by atoms with Crippen LogP contribution in [0.4, 0.5) is 16.0 Å². The zero-order valence-electron chi connectivity index (χ0n) is 15.2. The Kier molecular flexibility index (Phi) is 5.65. The molecule has 2 heterocycles. The lowest BCUT2D eigenvalue weighted by molar-refractivity contribution is 0.0746.